The highest BCUT2D eigenvalue weighted by atomic mass is 35.5. The van der Waals surface area contributed by atoms with Gasteiger partial charge in [0, 0.05) is 17.4 Å². The molecule has 1 aliphatic carbocycles. The predicted octanol–water partition coefficient (Wildman–Crippen LogP) is 3.95. The molecule has 0 atom stereocenters. The number of pyridine rings is 1. The molecule has 1 aliphatic rings. The van der Waals surface area contributed by atoms with Gasteiger partial charge in [0.15, 0.2) is 0 Å². The fourth-order valence-electron chi connectivity index (χ4n) is 2.30. The maximum Gasteiger partial charge on any atom is 0.324 e. The van der Waals surface area contributed by atoms with E-state index in [-0.39, 0.29) is 6.03 Å². The highest BCUT2D eigenvalue weighted by Gasteiger charge is 2.16. The number of aromatic nitrogens is 1. The van der Waals surface area contributed by atoms with Gasteiger partial charge in [-0.1, -0.05) is 30.0 Å². The van der Waals surface area contributed by atoms with Crippen molar-refractivity contribution in [3.8, 4) is 0 Å². The molecule has 2 rings (SSSR count). The third-order valence-corrected chi connectivity index (χ3v) is 3.63. The number of carbonyl (C=O) groups is 1. The average molecular weight is 280 g/mol. The molecule has 2 N–H and O–H groups in total. The summed E-state index contributed by atoms with van der Waals surface area (Å²) in [5.74, 6) is 1.06. The van der Waals surface area contributed by atoms with Crippen molar-refractivity contribution in [1.29, 1.82) is 0 Å². The number of nitrogens with one attached hydrogen (secondary N) is 2. The maximum atomic E-state index is 11.7. The summed E-state index contributed by atoms with van der Waals surface area (Å²) in [7, 11) is 0. The summed E-state index contributed by atoms with van der Waals surface area (Å²) in [6, 6.07) is 2.97. The molecule has 1 aromatic heterocycles. The summed E-state index contributed by atoms with van der Waals surface area (Å²) in [4.78, 5) is 15.7. The van der Waals surface area contributed by atoms with Crippen molar-refractivity contribution in [1.82, 2.24) is 10.3 Å². The second-order valence-corrected chi connectivity index (χ2v) is 5.26. The normalized spacial score (nSPS) is 16.4. The minimum atomic E-state index is -0.299. The van der Waals surface area contributed by atoms with Gasteiger partial charge in [-0.2, -0.15) is 0 Å². The molecule has 1 saturated carbocycles. The minimum absolute atomic E-state index is 0.299. The van der Waals surface area contributed by atoms with Gasteiger partial charge in [-0.15, -0.1) is 0 Å². The van der Waals surface area contributed by atoms with Crippen LogP contribution in [0.25, 0.3) is 0 Å². The van der Waals surface area contributed by atoms with Crippen molar-refractivity contribution >= 4 is 23.4 Å². The third kappa shape index (κ3) is 4.24. The van der Waals surface area contributed by atoms with Gasteiger partial charge < -0.3 is 5.32 Å². The number of hydrogen-bond donors (Lipinski definition) is 2. The van der Waals surface area contributed by atoms with Crippen molar-refractivity contribution in [3.63, 3.8) is 0 Å². The lowest BCUT2D eigenvalue weighted by Crippen LogP contribution is -2.25. The first-order valence-electron chi connectivity index (χ1n) is 6.51. The number of hydrogen-bond acceptors (Lipinski definition) is 2. The monoisotopic (exact) mass is 279 g/mol. The van der Waals surface area contributed by atoms with Crippen molar-refractivity contribution in [3.05, 3.63) is 35.1 Å². The molecule has 19 heavy (non-hydrogen) atoms. The van der Waals surface area contributed by atoms with Crippen LogP contribution in [0.1, 0.15) is 32.6 Å². The zero-order chi connectivity index (χ0) is 13.7. The lowest BCUT2D eigenvalue weighted by atomic mass is 10.0. The van der Waals surface area contributed by atoms with E-state index in [1.165, 1.54) is 31.3 Å². The summed E-state index contributed by atoms with van der Waals surface area (Å²) in [6.07, 6.45) is 8.36. The van der Waals surface area contributed by atoms with E-state index in [9.17, 15) is 4.79 Å². The van der Waals surface area contributed by atoms with Crippen LogP contribution in [0.5, 0.6) is 0 Å². The Hall–Kier alpha value is -1.55. The zero-order valence-corrected chi connectivity index (χ0v) is 11.7. The van der Waals surface area contributed by atoms with E-state index in [0.29, 0.717) is 16.8 Å². The summed E-state index contributed by atoms with van der Waals surface area (Å²) in [6.45, 7) is 2.06. The molecule has 1 heterocycles. The first kappa shape index (κ1) is 13.9. The first-order valence-corrected chi connectivity index (χ1v) is 6.88. The highest BCUT2D eigenvalue weighted by Crippen LogP contribution is 2.30. The van der Waals surface area contributed by atoms with Gasteiger partial charge in [0.2, 0.25) is 0 Å². The fraction of sp³-hybridized carbons (Fsp3) is 0.429. The highest BCUT2D eigenvalue weighted by molar-refractivity contribution is 6.30. The fourth-order valence-corrected chi connectivity index (χ4v) is 2.46. The van der Waals surface area contributed by atoms with Gasteiger partial charge in [0.1, 0.15) is 5.82 Å². The first-order chi connectivity index (χ1) is 9.15. The minimum Gasteiger partial charge on any atom is -0.314 e. The standard InChI is InChI=1S/C14H18ClN3O/c1-10(11-4-2-3-5-11)9-17-14(19)18-13-8-12(15)6-7-16-13/h6-9,11H,2-5H2,1H3,(H2,16,17,18,19)/b10-9+. The molecule has 0 spiro atoms. The molecule has 4 nitrogen and oxygen atoms in total. The lowest BCUT2D eigenvalue weighted by Gasteiger charge is -2.10. The van der Waals surface area contributed by atoms with Crippen molar-refractivity contribution in [2.45, 2.75) is 32.6 Å². The Kier molecular flexibility index (Phi) is 4.80. The van der Waals surface area contributed by atoms with Gasteiger partial charge in [-0.25, -0.2) is 9.78 Å². The number of carbonyl (C=O) groups excluding carboxylic acids is 1. The van der Waals surface area contributed by atoms with E-state index in [0.717, 1.165) is 0 Å². The van der Waals surface area contributed by atoms with E-state index in [4.69, 9.17) is 11.6 Å². The van der Waals surface area contributed by atoms with Gasteiger partial charge in [0.25, 0.3) is 0 Å². The Bertz CT molecular complexity index is 481. The molecule has 1 fully saturated rings. The van der Waals surface area contributed by atoms with Crippen LogP contribution in [0.15, 0.2) is 30.1 Å². The molecule has 5 heteroatoms. The van der Waals surface area contributed by atoms with Gasteiger partial charge in [-0.3, -0.25) is 5.32 Å². The molecule has 0 aliphatic heterocycles. The Morgan fingerprint density at radius 1 is 1.47 bits per heavy atom. The summed E-state index contributed by atoms with van der Waals surface area (Å²) in [5.41, 5.74) is 1.23. The van der Waals surface area contributed by atoms with Crippen molar-refractivity contribution < 1.29 is 4.79 Å². The maximum absolute atomic E-state index is 11.7. The SMILES string of the molecule is C/C(=C\NC(=O)Nc1cc(Cl)ccn1)C1CCCC1. The molecule has 0 bridgehead atoms. The Labute approximate surface area is 118 Å². The number of halogens is 1. The topological polar surface area (TPSA) is 54.0 Å². The summed E-state index contributed by atoms with van der Waals surface area (Å²) >= 11 is 5.82. The summed E-state index contributed by atoms with van der Waals surface area (Å²) in [5, 5.41) is 5.92. The molecule has 102 valence electrons. The van der Waals surface area contributed by atoms with E-state index in [2.05, 4.69) is 22.5 Å². The number of rotatable bonds is 3. The van der Waals surface area contributed by atoms with E-state index in [1.54, 1.807) is 24.5 Å². The number of anilines is 1. The second-order valence-electron chi connectivity index (χ2n) is 4.83. The smallest absolute Gasteiger partial charge is 0.314 e. The molecule has 0 saturated heterocycles. The molecule has 2 amide bonds. The van der Waals surface area contributed by atoms with Crippen LogP contribution in [-0.2, 0) is 0 Å². The Morgan fingerprint density at radius 3 is 2.89 bits per heavy atom. The van der Waals surface area contributed by atoms with Gasteiger partial charge >= 0.3 is 6.03 Å². The van der Waals surface area contributed by atoms with Crippen LogP contribution >= 0.6 is 11.6 Å². The number of amides is 2. The van der Waals surface area contributed by atoms with E-state index in [1.807, 2.05) is 0 Å². The van der Waals surface area contributed by atoms with E-state index >= 15 is 0 Å². The second kappa shape index (κ2) is 6.57. The van der Waals surface area contributed by atoms with E-state index < -0.39 is 0 Å². The Balaban J connectivity index is 1.85. The van der Waals surface area contributed by atoms with Crippen LogP contribution in [0.2, 0.25) is 5.02 Å². The van der Waals surface area contributed by atoms with Gasteiger partial charge in [-0.05, 0) is 37.8 Å². The quantitative estimate of drug-likeness (QED) is 0.880. The van der Waals surface area contributed by atoms with Crippen molar-refractivity contribution in [2.24, 2.45) is 5.92 Å². The molecule has 0 unspecified atom stereocenters. The van der Waals surface area contributed by atoms with Crippen LogP contribution in [0.3, 0.4) is 0 Å². The van der Waals surface area contributed by atoms with Crippen molar-refractivity contribution in [2.75, 3.05) is 5.32 Å². The Morgan fingerprint density at radius 2 is 2.21 bits per heavy atom. The number of allylic oxidation sites excluding steroid dienone is 1. The molecule has 1 aromatic rings. The largest absolute Gasteiger partial charge is 0.324 e. The van der Waals surface area contributed by atoms with Crippen LogP contribution < -0.4 is 10.6 Å². The molecule has 0 aromatic carbocycles. The van der Waals surface area contributed by atoms with Crippen LogP contribution in [0.4, 0.5) is 10.6 Å². The summed E-state index contributed by atoms with van der Waals surface area (Å²) < 4.78 is 0. The number of urea groups is 1. The van der Waals surface area contributed by atoms with Gasteiger partial charge in [0.05, 0.1) is 0 Å². The predicted molar refractivity (Wildman–Crippen MR) is 77.1 cm³/mol. The third-order valence-electron chi connectivity index (χ3n) is 3.39. The van der Waals surface area contributed by atoms with Crippen LogP contribution in [0, 0.1) is 5.92 Å². The molecular weight excluding hydrogens is 262 g/mol. The number of nitrogens with zero attached hydrogens (tertiary/aromatic N) is 1. The van der Waals surface area contributed by atoms with Crippen LogP contribution in [-0.4, -0.2) is 11.0 Å². The molecule has 0 radical (unpaired) electrons. The molecular formula is C14H18ClN3O. The average Bonchev–Trinajstić information content (AvgIpc) is 2.90. The zero-order valence-electron chi connectivity index (χ0n) is 10.9. The lowest BCUT2D eigenvalue weighted by molar-refractivity contribution is 0.255.